The fraction of sp³-hybridized carbons (Fsp3) is 0.538. The lowest BCUT2D eigenvalue weighted by Gasteiger charge is -2.21. The molecule has 0 spiro atoms. The van der Waals surface area contributed by atoms with Crippen LogP contribution in [-0.4, -0.2) is 13.1 Å². The molecule has 1 unspecified atom stereocenters. The molecular formula is C13H19F2N. The molecular weight excluding hydrogens is 208 g/mol. The average Bonchev–Trinajstić information content (AvgIpc) is 2.16. The number of nitrogens with one attached hydrogen (secondary N) is 1. The van der Waals surface area contributed by atoms with Gasteiger partial charge in [-0.1, -0.05) is 20.8 Å². The molecule has 0 aromatic heterocycles. The molecule has 0 saturated heterocycles. The molecule has 0 aliphatic heterocycles. The zero-order valence-corrected chi connectivity index (χ0v) is 10.1. The summed E-state index contributed by atoms with van der Waals surface area (Å²) in [5, 5.41) is 3.22. The van der Waals surface area contributed by atoms with Crippen molar-refractivity contribution in [2.45, 2.75) is 26.7 Å². The van der Waals surface area contributed by atoms with Gasteiger partial charge in [0.05, 0.1) is 0 Å². The van der Waals surface area contributed by atoms with Crippen LogP contribution in [0.1, 0.15) is 32.3 Å². The lowest BCUT2D eigenvalue weighted by atomic mass is 9.88. The summed E-state index contributed by atoms with van der Waals surface area (Å²) < 4.78 is 26.2. The van der Waals surface area contributed by atoms with E-state index in [2.05, 4.69) is 19.2 Å². The summed E-state index contributed by atoms with van der Waals surface area (Å²) in [6.45, 7) is 7.75. The second kappa shape index (κ2) is 5.94. The van der Waals surface area contributed by atoms with Gasteiger partial charge in [0.15, 0.2) is 0 Å². The van der Waals surface area contributed by atoms with Crippen LogP contribution in [0.4, 0.5) is 8.78 Å². The van der Waals surface area contributed by atoms with E-state index < -0.39 is 11.6 Å². The van der Waals surface area contributed by atoms with Crippen molar-refractivity contribution in [2.75, 3.05) is 13.1 Å². The van der Waals surface area contributed by atoms with Gasteiger partial charge in [0, 0.05) is 12.6 Å². The van der Waals surface area contributed by atoms with Crippen molar-refractivity contribution in [3.63, 3.8) is 0 Å². The molecule has 0 aliphatic carbocycles. The highest BCUT2D eigenvalue weighted by molar-refractivity contribution is 5.22. The first-order chi connectivity index (χ1) is 7.54. The number of rotatable bonds is 5. The Morgan fingerprint density at radius 1 is 1.12 bits per heavy atom. The van der Waals surface area contributed by atoms with E-state index in [1.807, 2.05) is 6.92 Å². The van der Waals surface area contributed by atoms with E-state index in [0.29, 0.717) is 5.92 Å². The first-order valence-corrected chi connectivity index (χ1v) is 5.71. The van der Waals surface area contributed by atoms with Crippen LogP contribution >= 0.6 is 0 Å². The second-order valence-electron chi connectivity index (χ2n) is 4.36. The Hall–Kier alpha value is -0.960. The van der Waals surface area contributed by atoms with Crippen molar-refractivity contribution in [3.05, 3.63) is 35.4 Å². The van der Waals surface area contributed by atoms with Gasteiger partial charge in [0.25, 0.3) is 0 Å². The first-order valence-electron chi connectivity index (χ1n) is 5.71. The van der Waals surface area contributed by atoms with Gasteiger partial charge < -0.3 is 5.32 Å². The highest BCUT2D eigenvalue weighted by atomic mass is 19.1. The maximum atomic E-state index is 13.1. The fourth-order valence-corrected chi connectivity index (χ4v) is 1.83. The van der Waals surface area contributed by atoms with Gasteiger partial charge in [-0.2, -0.15) is 0 Å². The molecule has 0 saturated carbocycles. The van der Waals surface area contributed by atoms with E-state index in [1.54, 1.807) is 0 Å². The molecule has 1 N–H and O–H groups in total. The van der Waals surface area contributed by atoms with Crippen LogP contribution in [0.25, 0.3) is 0 Å². The average molecular weight is 227 g/mol. The van der Waals surface area contributed by atoms with Crippen LogP contribution in [-0.2, 0) is 0 Å². The molecule has 1 nitrogen and oxygen atoms in total. The van der Waals surface area contributed by atoms with E-state index >= 15 is 0 Å². The normalized spacial score (nSPS) is 13.1. The maximum Gasteiger partial charge on any atom is 0.126 e. The van der Waals surface area contributed by atoms with Crippen LogP contribution in [0.3, 0.4) is 0 Å². The molecule has 1 aromatic rings. The molecule has 16 heavy (non-hydrogen) atoms. The smallest absolute Gasteiger partial charge is 0.126 e. The standard InChI is InChI=1S/C13H19F2N/c1-4-16-8-13(9(2)3)10-5-11(14)7-12(15)6-10/h5-7,9,13,16H,4,8H2,1-3H3. The molecule has 1 aromatic carbocycles. The Labute approximate surface area is 95.9 Å². The molecule has 0 bridgehead atoms. The zero-order valence-electron chi connectivity index (χ0n) is 10.1. The van der Waals surface area contributed by atoms with Gasteiger partial charge in [0.2, 0.25) is 0 Å². The number of halogens is 2. The van der Waals surface area contributed by atoms with Crippen LogP contribution in [0.5, 0.6) is 0 Å². The van der Waals surface area contributed by atoms with Crippen molar-refractivity contribution < 1.29 is 8.78 Å². The zero-order chi connectivity index (χ0) is 12.1. The monoisotopic (exact) mass is 227 g/mol. The predicted molar refractivity (Wildman–Crippen MR) is 62.5 cm³/mol. The van der Waals surface area contributed by atoms with Crippen LogP contribution < -0.4 is 5.32 Å². The van der Waals surface area contributed by atoms with Crippen molar-refractivity contribution in [2.24, 2.45) is 5.92 Å². The summed E-state index contributed by atoms with van der Waals surface area (Å²) in [6.07, 6.45) is 0. The van der Waals surface area contributed by atoms with E-state index in [4.69, 9.17) is 0 Å². The largest absolute Gasteiger partial charge is 0.316 e. The number of likely N-dealkylation sites (N-methyl/N-ethyl adjacent to an activating group) is 1. The second-order valence-corrected chi connectivity index (χ2v) is 4.36. The molecule has 3 heteroatoms. The quantitative estimate of drug-likeness (QED) is 0.813. The molecule has 0 radical (unpaired) electrons. The Morgan fingerprint density at radius 2 is 1.69 bits per heavy atom. The Balaban J connectivity index is 2.91. The molecule has 0 amide bonds. The summed E-state index contributed by atoms with van der Waals surface area (Å²) in [5.41, 5.74) is 0.730. The first kappa shape index (κ1) is 13.1. The third kappa shape index (κ3) is 3.56. The maximum absolute atomic E-state index is 13.1. The predicted octanol–water partition coefficient (Wildman–Crippen LogP) is 3.31. The van der Waals surface area contributed by atoms with Crippen LogP contribution in [0, 0.1) is 17.6 Å². The highest BCUT2D eigenvalue weighted by Crippen LogP contribution is 2.25. The molecule has 90 valence electrons. The van der Waals surface area contributed by atoms with Gasteiger partial charge in [-0.05, 0) is 36.1 Å². The SMILES string of the molecule is CCNCC(c1cc(F)cc(F)c1)C(C)C. The summed E-state index contributed by atoms with van der Waals surface area (Å²) >= 11 is 0. The minimum absolute atomic E-state index is 0.144. The summed E-state index contributed by atoms with van der Waals surface area (Å²) in [7, 11) is 0. The molecule has 0 fully saturated rings. The van der Waals surface area contributed by atoms with Gasteiger partial charge in [0.1, 0.15) is 11.6 Å². The molecule has 0 aliphatic rings. The van der Waals surface area contributed by atoms with Crippen molar-refractivity contribution in [1.82, 2.24) is 5.32 Å². The summed E-state index contributed by atoms with van der Waals surface area (Å²) in [5.74, 6) is -0.514. The summed E-state index contributed by atoms with van der Waals surface area (Å²) in [4.78, 5) is 0. The van der Waals surface area contributed by atoms with E-state index in [0.717, 1.165) is 24.7 Å². The Kier molecular flexibility index (Phi) is 4.87. The molecule has 0 heterocycles. The number of hydrogen-bond donors (Lipinski definition) is 1. The fourth-order valence-electron chi connectivity index (χ4n) is 1.83. The van der Waals surface area contributed by atoms with Gasteiger partial charge >= 0.3 is 0 Å². The van der Waals surface area contributed by atoms with Crippen molar-refractivity contribution in [1.29, 1.82) is 0 Å². The molecule has 1 atom stereocenters. The molecule has 1 rings (SSSR count). The third-order valence-electron chi connectivity index (χ3n) is 2.73. The number of hydrogen-bond acceptors (Lipinski definition) is 1. The van der Waals surface area contributed by atoms with Crippen LogP contribution in [0.2, 0.25) is 0 Å². The van der Waals surface area contributed by atoms with Gasteiger partial charge in [-0.15, -0.1) is 0 Å². The number of benzene rings is 1. The van der Waals surface area contributed by atoms with Gasteiger partial charge in [-0.3, -0.25) is 0 Å². The van der Waals surface area contributed by atoms with E-state index in [1.165, 1.54) is 12.1 Å². The minimum Gasteiger partial charge on any atom is -0.316 e. The minimum atomic E-state index is -0.503. The topological polar surface area (TPSA) is 12.0 Å². The summed E-state index contributed by atoms with van der Waals surface area (Å²) in [6, 6.07) is 3.75. The van der Waals surface area contributed by atoms with E-state index in [-0.39, 0.29) is 5.92 Å². The van der Waals surface area contributed by atoms with Crippen molar-refractivity contribution >= 4 is 0 Å². The Morgan fingerprint density at radius 3 is 2.12 bits per heavy atom. The van der Waals surface area contributed by atoms with Gasteiger partial charge in [-0.25, -0.2) is 8.78 Å². The lowest BCUT2D eigenvalue weighted by molar-refractivity contribution is 0.461. The van der Waals surface area contributed by atoms with E-state index in [9.17, 15) is 8.78 Å². The lowest BCUT2D eigenvalue weighted by Crippen LogP contribution is -2.24. The third-order valence-corrected chi connectivity index (χ3v) is 2.73. The Bertz CT molecular complexity index is 316. The van der Waals surface area contributed by atoms with Crippen molar-refractivity contribution in [3.8, 4) is 0 Å². The van der Waals surface area contributed by atoms with Crippen LogP contribution in [0.15, 0.2) is 18.2 Å². The highest BCUT2D eigenvalue weighted by Gasteiger charge is 2.16.